The molecule has 1 aliphatic heterocycles. The van der Waals surface area contributed by atoms with Crippen molar-refractivity contribution in [1.29, 1.82) is 0 Å². The van der Waals surface area contributed by atoms with Crippen LogP contribution in [0.1, 0.15) is 19.4 Å². The Bertz CT molecular complexity index is 574. The summed E-state index contributed by atoms with van der Waals surface area (Å²) in [5.74, 6) is -0.343. The third-order valence-electron chi connectivity index (χ3n) is 2.76. The zero-order valence-electron chi connectivity index (χ0n) is 11.0. The van der Waals surface area contributed by atoms with Crippen LogP contribution in [-0.2, 0) is 20.7 Å². The fourth-order valence-electron chi connectivity index (χ4n) is 1.97. The second-order valence-corrected chi connectivity index (χ2v) is 5.04. The van der Waals surface area contributed by atoms with E-state index >= 15 is 0 Å². The minimum absolute atomic E-state index is 0.180. The molecule has 5 nitrogen and oxygen atoms in total. The molecule has 0 aliphatic carbocycles. The van der Waals surface area contributed by atoms with Gasteiger partial charge in [0, 0.05) is 18.9 Å². The molecular weight excluding hydrogens is 305 g/mol. The SMILES string of the molecule is CCOC(=O)C1Cc2cc(NC(C)=O)c(Cl)c(Cl)c2O1. The van der Waals surface area contributed by atoms with Gasteiger partial charge >= 0.3 is 5.97 Å². The van der Waals surface area contributed by atoms with Gasteiger partial charge in [0.2, 0.25) is 5.91 Å². The van der Waals surface area contributed by atoms with Crippen LogP contribution in [0.5, 0.6) is 5.75 Å². The van der Waals surface area contributed by atoms with Gasteiger partial charge in [-0.3, -0.25) is 4.79 Å². The Kier molecular flexibility index (Phi) is 4.40. The number of anilines is 1. The van der Waals surface area contributed by atoms with Crippen LogP contribution in [0, 0.1) is 0 Å². The topological polar surface area (TPSA) is 64.6 Å². The van der Waals surface area contributed by atoms with E-state index in [2.05, 4.69) is 5.32 Å². The number of ether oxygens (including phenoxy) is 2. The van der Waals surface area contributed by atoms with Crippen LogP contribution in [0.3, 0.4) is 0 Å². The molecule has 108 valence electrons. The second kappa shape index (κ2) is 5.89. The number of esters is 1. The van der Waals surface area contributed by atoms with Gasteiger partial charge in [-0.1, -0.05) is 23.2 Å². The molecule has 1 aromatic rings. The van der Waals surface area contributed by atoms with E-state index in [0.29, 0.717) is 23.4 Å². The van der Waals surface area contributed by atoms with Crippen molar-refractivity contribution in [3.8, 4) is 5.75 Å². The highest BCUT2D eigenvalue weighted by atomic mass is 35.5. The van der Waals surface area contributed by atoms with Gasteiger partial charge in [-0.05, 0) is 13.0 Å². The molecule has 20 heavy (non-hydrogen) atoms. The summed E-state index contributed by atoms with van der Waals surface area (Å²) in [6, 6.07) is 1.66. The molecule has 0 bridgehead atoms. The van der Waals surface area contributed by atoms with Crippen LogP contribution in [0.4, 0.5) is 5.69 Å². The van der Waals surface area contributed by atoms with E-state index < -0.39 is 12.1 Å². The second-order valence-electron chi connectivity index (χ2n) is 4.28. The third-order valence-corrected chi connectivity index (χ3v) is 3.61. The summed E-state index contributed by atoms with van der Waals surface area (Å²) < 4.78 is 10.4. The molecule has 1 aromatic carbocycles. The Balaban J connectivity index is 2.30. The van der Waals surface area contributed by atoms with Gasteiger partial charge < -0.3 is 14.8 Å². The maximum Gasteiger partial charge on any atom is 0.347 e. The average Bonchev–Trinajstić information content (AvgIpc) is 2.79. The number of fused-ring (bicyclic) bond motifs is 1. The lowest BCUT2D eigenvalue weighted by Gasteiger charge is -2.11. The van der Waals surface area contributed by atoms with E-state index in [4.69, 9.17) is 32.7 Å². The summed E-state index contributed by atoms with van der Waals surface area (Å²) in [6.07, 6.45) is -0.399. The Morgan fingerprint density at radius 1 is 1.45 bits per heavy atom. The number of carbonyl (C=O) groups excluding carboxylic acids is 2. The lowest BCUT2D eigenvalue weighted by molar-refractivity contribution is -0.150. The monoisotopic (exact) mass is 317 g/mol. The van der Waals surface area contributed by atoms with E-state index in [0.717, 1.165) is 0 Å². The fourth-order valence-corrected chi connectivity index (χ4v) is 2.43. The Labute approximate surface area is 126 Å². The molecule has 0 spiro atoms. The van der Waals surface area contributed by atoms with Crippen molar-refractivity contribution in [3.05, 3.63) is 21.7 Å². The largest absolute Gasteiger partial charge is 0.476 e. The number of carbonyl (C=O) groups is 2. The third kappa shape index (κ3) is 2.83. The molecule has 1 aliphatic rings. The number of nitrogens with one attached hydrogen (secondary N) is 1. The number of benzene rings is 1. The first kappa shape index (κ1) is 14.9. The molecule has 0 aromatic heterocycles. The van der Waals surface area contributed by atoms with Gasteiger partial charge in [0.25, 0.3) is 0 Å². The van der Waals surface area contributed by atoms with Crippen molar-refractivity contribution in [2.24, 2.45) is 0 Å². The van der Waals surface area contributed by atoms with Crippen molar-refractivity contribution >= 4 is 40.8 Å². The van der Waals surface area contributed by atoms with Gasteiger partial charge in [0.05, 0.1) is 17.3 Å². The highest BCUT2D eigenvalue weighted by Gasteiger charge is 2.33. The minimum atomic E-state index is -0.730. The van der Waals surface area contributed by atoms with Crippen LogP contribution < -0.4 is 10.1 Å². The number of rotatable bonds is 3. The highest BCUT2D eigenvalue weighted by Crippen LogP contribution is 2.44. The van der Waals surface area contributed by atoms with Crippen LogP contribution in [0.2, 0.25) is 10.0 Å². The summed E-state index contributed by atoms with van der Waals surface area (Å²) in [6.45, 7) is 3.37. The van der Waals surface area contributed by atoms with Crippen LogP contribution in [0.15, 0.2) is 6.07 Å². The van der Waals surface area contributed by atoms with Gasteiger partial charge in [-0.25, -0.2) is 4.79 Å². The summed E-state index contributed by atoms with van der Waals surface area (Å²) in [4.78, 5) is 22.8. The van der Waals surface area contributed by atoms with Crippen molar-refractivity contribution < 1.29 is 19.1 Å². The predicted molar refractivity (Wildman–Crippen MR) is 75.5 cm³/mol. The summed E-state index contributed by atoms with van der Waals surface area (Å²) in [5, 5.41) is 2.95. The van der Waals surface area contributed by atoms with E-state index in [-0.39, 0.29) is 22.6 Å². The molecule has 0 saturated carbocycles. The molecular formula is C13H13Cl2NO4. The molecule has 7 heteroatoms. The van der Waals surface area contributed by atoms with E-state index in [1.807, 2.05) is 0 Å². The lowest BCUT2D eigenvalue weighted by atomic mass is 10.1. The van der Waals surface area contributed by atoms with Gasteiger partial charge in [0.1, 0.15) is 10.8 Å². The molecule has 2 rings (SSSR count). The molecule has 1 atom stereocenters. The van der Waals surface area contributed by atoms with Crippen LogP contribution in [-0.4, -0.2) is 24.6 Å². The number of hydrogen-bond donors (Lipinski definition) is 1. The van der Waals surface area contributed by atoms with E-state index in [9.17, 15) is 9.59 Å². The summed E-state index contributed by atoms with van der Waals surface area (Å²) in [7, 11) is 0. The van der Waals surface area contributed by atoms with E-state index in [1.165, 1.54) is 6.92 Å². The van der Waals surface area contributed by atoms with Gasteiger partial charge in [-0.2, -0.15) is 0 Å². The number of hydrogen-bond acceptors (Lipinski definition) is 4. The van der Waals surface area contributed by atoms with Crippen molar-refractivity contribution in [2.75, 3.05) is 11.9 Å². The Morgan fingerprint density at radius 2 is 2.15 bits per heavy atom. The van der Waals surface area contributed by atoms with Crippen LogP contribution in [0.25, 0.3) is 0 Å². The zero-order chi connectivity index (χ0) is 14.9. The molecule has 0 fully saturated rings. The lowest BCUT2D eigenvalue weighted by Crippen LogP contribution is -2.27. The first-order valence-electron chi connectivity index (χ1n) is 6.05. The van der Waals surface area contributed by atoms with Crippen molar-refractivity contribution in [2.45, 2.75) is 26.4 Å². The molecule has 1 N–H and O–H groups in total. The Hall–Kier alpha value is -1.46. The molecule has 1 amide bonds. The summed E-state index contributed by atoms with van der Waals surface area (Å²) >= 11 is 12.2. The molecule has 0 radical (unpaired) electrons. The van der Waals surface area contributed by atoms with Gasteiger partial charge in [-0.15, -0.1) is 0 Å². The molecule has 1 unspecified atom stereocenters. The normalized spacial score (nSPS) is 16.3. The first-order chi connectivity index (χ1) is 9.43. The Morgan fingerprint density at radius 3 is 2.75 bits per heavy atom. The number of amides is 1. The smallest absolute Gasteiger partial charge is 0.347 e. The highest BCUT2D eigenvalue weighted by molar-refractivity contribution is 6.45. The minimum Gasteiger partial charge on any atom is -0.476 e. The van der Waals surface area contributed by atoms with Crippen LogP contribution >= 0.6 is 23.2 Å². The fraction of sp³-hybridized carbons (Fsp3) is 0.385. The summed E-state index contributed by atoms with van der Waals surface area (Å²) in [5.41, 5.74) is 1.11. The maximum atomic E-state index is 11.7. The maximum absolute atomic E-state index is 11.7. The van der Waals surface area contributed by atoms with Gasteiger partial charge in [0.15, 0.2) is 6.10 Å². The van der Waals surface area contributed by atoms with Crippen molar-refractivity contribution in [3.63, 3.8) is 0 Å². The quantitative estimate of drug-likeness (QED) is 0.871. The zero-order valence-corrected chi connectivity index (χ0v) is 12.5. The predicted octanol–water partition coefficient (Wildman–Crippen LogP) is 2.82. The molecule has 1 heterocycles. The molecule has 0 saturated heterocycles. The average molecular weight is 318 g/mol. The van der Waals surface area contributed by atoms with E-state index in [1.54, 1.807) is 13.0 Å². The van der Waals surface area contributed by atoms with Crippen molar-refractivity contribution in [1.82, 2.24) is 0 Å². The first-order valence-corrected chi connectivity index (χ1v) is 6.81. The number of halogens is 2. The standard InChI is InChI=1S/C13H13Cl2NO4/c1-3-19-13(18)9-5-7-4-8(16-6(2)17)10(14)11(15)12(7)20-9/h4,9H,3,5H2,1-2H3,(H,16,17).